The zero-order chi connectivity index (χ0) is 17.9. The third kappa shape index (κ3) is 106. The number of carbonyl (C=O) groups excluding carboxylic acids is 1. The molecule has 2 nitrogen and oxygen atoms in total. The van der Waals surface area contributed by atoms with E-state index in [2.05, 4.69) is 81.5 Å². The van der Waals surface area contributed by atoms with E-state index in [4.69, 9.17) is 0 Å². The maximum atomic E-state index is 10.5. The number of hydrogen-bond donors (Lipinski definition) is 1. The molecule has 0 rings (SSSR count). The second kappa shape index (κ2) is 11.1. The van der Waals surface area contributed by atoms with Crippen molar-refractivity contribution in [2.24, 2.45) is 16.2 Å². The fraction of sp³-hybridized carbons (Fsp3) is 0.947. The second-order valence-corrected chi connectivity index (χ2v) is 10.1. The van der Waals surface area contributed by atoms with Crippen LogP contribution in [0.25, 0.3) is 0 Å². The summed E-state index contributed by atoms with van der Waals surface area (Å²) in [5.74, 6) is 0.0684. The third-order valence-corrected chi connectivity index (χ3v) is 1.48. The minimum Gasteiger partial charge on any atom is -0.356 e. The fourth-order valence-corrected chi connectivity index (χ4v) is 0.883. The predicted molar refractivity (Wildman–Crippen MR) is 97.6 cm³/mol. The van der Waals surface area contributed by atoms with Crippen molar-refractivity contribution in [3.63, 3.8) is 0 Å². The highest BCUT2D eigenvalue weighted by atomic mass is 16.1. The van der Waals surface area contributed by atoms with Gasteiger partial charge in [-0.15, -0.1) is 0 Å². The van der Waals surface area contributed by atoms with Crippen LogP contribution in [0.15, 0.2) is 0 Å². The highest BCUT2D eigenvalue weighted by Gasteiger charge is 2.08. The molecule has 130 valence electrons. The molecule has 0 fully saturated rings. The highest BCUT2D eigenvalue weighted by Crippen LogP contribution is 2.19. The Balaban J connectivity index is -0.000000270. The Morgan fingerprint density at radius 2 is 1.05 bits per heavy atom. The van der Waals surface area contributed by atoms with E-state index in [1.54, 1.807) is 6.92 Å². The van der Waals surface area contributed by atoms with Crippen LogP contribution in [0.1, 0.15) is 95.9 Å². The van der Waals surface area contributed by atoms with Gasteiger partial charge in [0.1, 0.15) is 0 Å². The topological polar surface area (TPSA) is 29.1 Å². The smallest absolute Gasteiger partial charge is 0.216 e. The van der Waals surface area contributed by atoms with Gasteiger partial charge in [-0.25, -0.2) is 0 Å². The first-order chi connectivity index (χ1) is 8.92. The van der Waals surface area contributed by atoms with E-state index in [-0.39, 0.29) is 5.91 Å². The molecule has 0 aliphatic carbocycles. The van der Waals surface area contributed by atoms with E-state index < -0.39 is 0 Å². The fourth-order valence-electron chi connectivity index (χ4n) is 0.883. The lowest BCUT2D eigenvalue weighted by atomic mass is 9.91. The lowest BCUT2D eigenvalue weighted by Crippen LogP contribution is -2.22. The minimum atomic E-state index is 0.0684. The summed E-state index contributed by atoms with van der Waals surface area (Å²) in [6.45, 7) is 26.5. The Morgan fingerprint density at radius 1 is 0.762 bits per heavy atom. The molecule has 21 heavy (non-hydrogen) atoms. The maximum Gasteiger partial charge on any atom is 0.216 e. The second-order valence-electron chi connectivity index (χ2n) is 10.1. The Kier molecular flexibility index (Phi) is 13.4. The van der Waals surface area contributed by atoms with Gasteiger partial charge < -0.3 is 5.32 Å². The summed E-state index contributed by atoms with van der Waals surface area (Å²) in [6.07, 6.45) is 2.23. The van der Waals surface area contributed by atoms with Crippen molar-refractivity contribution in [3.8, 4) is 0 Å². The van der Waals surface area contributed by atoms with Crippen LogP contribution in [-0.2, 0) is 4.79 Å². The molecule has 0 aliphatic heterocycles. The average Bonchev–Trinajstić information content (AvgIpc) is 2.04. The van der Waals surface area contributed by atoms with Gasteiger partial charge in [0.25, 0.3) is 0 Å². The summed E-state index contributed by atoms with van der Waals surface area (Å²) in [5, 5.41) is 2.78. The SMILES string of the molecule is CC(=O)NCCCC(C)(C)C.CC(C)(C)C.CC(C)(C)C. The molecule has 0 radical (unpaired) electrons. The summed E-state index contributed by atoms with van der Waals surface area (Å²) >= 11 is 0. The van der Waals surface area contributed by atoms with Crippen LogP contribution in [0.4, 0.5) is 0 Å². The molecule has 0 aromatic heterocycles. The molecule has 0 spiro atoms. The molecule has 0 heterocycles. The number of rotatable bonds is 3. The number of carbonyl (C=O) groups is 1. The first kappa shape index (κ1) is 25.4. The Bertz CT molecular complexity index is 224. The Labute approximate surface area is 135 Å². The van der Waals surface area contributed by atoms with Gasteiger partial charge in [0.2, 0.25) is 5.91 Å². The van der Waals surface area contributed by atoms with Crippen molar-refractivity contribution >= 4 is 5.91 Å². The van der Waals surface area contributed by atoms with Crippen molar-refractivity contribution in [1.82, 2.24) is 5.32 Å². The van der Waals surface area contributed by atoms with Crippen molar-refractivity contribution in [2.75, 3.05) is 6.54 Å². The minimum absolute atomic E-state index is 0.0684. The zero-order valence-corrected chi connectivity index (χ0v) is 17.0. The molecule has 2 heteroatoms. The lowest BCUT2D eigenvalue weighted by Gasteiger charge is -2.17. The first-order valence-electron chi connectivity index (χ1n) is 8.16. The molecule has 1 amide bonds. The number of nitrogens with one attached hydrogen (secondary N) is 1. The summed E-state index contributed by atoms with van der Waals surface area (Å²) in [7, 11) is 0. The first-order valence-corrected chi connectivity index (χ1v) is 8.16. The normalized spacial score (nSPS) is 11.6. The van der Waals surface area contributed by atoms with Gasteiger partial charge in [-0.05, 0) is 29.1 Å². The van der Waals surface area contributed by atoms with Gasteiger partial charge >= 0.3 is 0 Å². The number of amides is 1. The molecule has 1 N–H and O–H groups in total. The van der Waals surface area contributed by atoms with Crippen LogP contribution < -0.4 is 5.32 Å². The average molecular weight is 302 g/mol. The highest BCUT2D eigenvalue weighted by molar-refractivity contribution is 5.72. The Hall–Kier alpha value is -0.530. The van der Waals surface area contributed by atoms with Crippen LogP contribution in [0.3, 0.4) is 0 Å². The van der Waals surface area contributed by atoms with Crippen molar-refractivity contribution in [1.29, 1.82) is 0 Å². The summed E-state index contributed by atoms with van der Waals surface area (Å²) < 4.78 is 0. The molecular formula is C19H43NO. The predicted octanol–water partition coefficient (Wildman–Crippen LogP) is 6.05. The summed E-state index contributed by atoms with van der Waals surface area (Å²) in [4.78, 5) is 10.5. The van der Waals surface area contributed by atoms with E-state index in [0.717, 1.165) is 19.4 Å². The van der Waals surface area contributed by atoms with Gasteiger partial charge in [0.05, 0.1) is 0 Å². The molecule has 0 bridgehead atoms. The van der Waals surface area contributed by atoms with Crippen LogP contribution in [0.5, 0.6) is 0 Å². The van der Waals surface area contributed by atoms with E-state index in [9.17, 15) is 4.79 Å². The van der Waals surface area contributed by atoms with Gasteiger partial charge in [0, 0.05) is 13.5 Å². The van der Waals surface area contributed by atoms with Crippen molar-refractivity contribution < 1.29 is 4.79 Å². The Morgan fingerprint density at radius 3 is 1.24 bits per heavy atom. The molecule has 0 saturated heterocycles. The van der Waals surface area contributed by atoms with E-state index >= 15 is 0 Å². The third-order valence-electron chi connectivity index (χ3n) is 1.48. The number of hydrogen-bond acceptors (Lipinski definition) is 1. The van der Waals surface area contributed by atoms with Crippen molar-refractivity contribution in [2.45, 2.75) is 95.9 Å². The van der Waals surface area contributed by atoms with Crippen LogP contribution in [-0.4, -0.2) is 12.5 Å². The molecule has 0 aliphatic rings. The van der Waals surface area contributed by atoms with Crippen LogP contribution in [0, 0.1) is 16.2 Å². The van der Waals surface area contributed by atoms with Gasteiger partial charge in [0.15, 0.2) is 0 Å². The van der Waals surface area contributed by atoms with Crippen LogP contribution >= 0.6 is 0 Å². The molecule has 0 atom stereocenters. The van der Waals surface area contributed by atoms with E-state index in [1.165, 1.54) is 0 Å². The summed E-state index contributed by atoms with van der Waals surface area (Å²) in [6, 6.07) is 0. The molecule has 0 unspecified atom stereocenters. The maximum absolute atomic E-state index is 10.5. The zero-order valence-electron chi connectivity index (χ0n) is 17.0. The lowest BCUT2D eigenvalue weighted by molar-refractivity contribution is -0.118. The monoisotopic (exact) mass is 301 g/mol. The van der Waals surface area contributed by atoms with Crippen LogP contribution in [0.2, 0.25) is 0 Å². The van der Waals surface area contributed by atoms with Crippen molar-refractivity contribution in [3.05, 3.63) is 0 Å². The van der Waals surface area contributed by atoms with Gasteiger partial charge in [-0.1, -0.05) is 76.2 Å². The van der Waals surface area contributed by atoms with E-state index in [1.807, 2.05) is 0 Å². The van der Waals surface area contributed by atoms with Gasteiger partial charge in [-0.3, -0.25) is 4.79 Å². The quantitative estimate of drug-likeness (QED) is 0.631. The molecule has 0 aromatic rings. The molecular weight excluding hydrogens is 258 g/mol. The van der Waals surface area contributed by atoms with Gasteiger partial charge in [-0.2, -0.15) is 0 Å². The molecule has 0 aromatic carbocycles. The molecule has 0 saturated carbocycles. The standard InChI is InChI=1S/C9H19NO.2C5H12/c1-8(11)10-7-5-6-9(2,3)4;2*1-5(2,3)4/h5-7H2,1-4H3,(H,10,11);2*1-4H3. The van der Waals surface area contributed by atoms with E-state index in [0.29, 0.717) is 16.2 Å². The largest absolute Gasteiger partial charge is 0.356 e. The summed E-state index contributed by atoms with van der Waals surface area (Å²) in [5.41, 5.74) is 1.39.